The summed E-state index contributed by atoms with van der Waals surface area (Å²) < 4.78 is 41.7. The fraction of sp³-hybridized carbons (Fsp3) is 0.143. The molecule has 4 aromatic rings. The van der Waals surface area contributed by atoms with Crippen LogP contribution in [0, 0.1) is 17.0 Å². The number of fused-ring (bicyclic) bond motifs is 1. The van der Waals surface area contributed by atoms with Crippen LogP contribution in [0.15, 0.2) is 42.6 Å². The van der Waals surface area contributed by atoms with Crippen molar-refractivity contribution in [2.75, 3.05) is 5.32 Å². The average Bonchev–Trinajstić information content (AvgIpc) is 3.38. The Bertz CT molecular complexity index is 1480. The molecule has 3 N–H and O–H groups in total. The highest BCUT2D eigenvalue weighted by Crippen LogP contribution is 2.43. The van der Waals surface area contributed by atoms with Gasteiger partial charge >= 0.3 is 12.0 Å². The molecule has 1 aromatic carbocycles. The Labute approximate surface area is 198 Å². The molecule has 0 radical (unpaired) electrons. The van der Waals surface area contributed by atoms with Crippen LogP contribution >= 0.6 is 11.3 Å². The van der Waals surface area contributed by atoms with Crippen LogP contribution in [0.5, 0.6) is 0 Å². The van der Waals surface area contributed by atoms with E-state index < -0.39 is 41.0 Å². The van der Waals surface area contributed by atoms with Gasteiger partial charge in [0.25, 0.3) is 5.91 Å². The number of nitrogens with zero attached hydrogens (tertiary/aromatic N) is 4. The number of primary amides is 1. The van der Waals surface area contributed by atoms with E-state index in [1.54, 1.807) is 24.3 Å². The van der Waals surface area contributed by atoms with Crippen LogP contribution in [-0.4, -0.2) is 31.5 Å². The van der Waals surface area contributed by atoms with Crippen molar-refractivity contribution in [3.63, 3.8) is 0 Å². The molecule has 0 spiro atoms. The number of benzene rings is 1. The van der Waals surface area contributed by atoms with Crippen molar-refractivity contribution in [2.24, 2.45) is 5.73 Å². The summed E-state index contributed by atoms with van der Waals surface area (Å²) in [6, 6.07) is 8.58. The number of aromatic nitrogens is 3. The fourth-order valence-corrected chi connectivity index (χ4v) is 4.37. The predicted molar refractivity (Wildman–Crippen MR) is 121 cm³/mol. The summed E-state index contributed by atoms with van der Waals surface area (Å²) in [6.07, 6.45) is -3.55. The van der Waals surface area contributed by atoms with Crippen LogP contribution in [-0.2, 0) is 17.5 Å². The molecule has 0 aliphatic carbocycles. The lowest BCUT2D eigenvalue weighted by molar-refractivity contribution is -0.389. The van der Waals surface area contributed by atoms with Gasteiger partial charge in [-0.3, -0.25) is 9.59 Å². The zero-order chi connectivity index (χ0) is 25.5. The van der Waals surface area contributed by atoms with E-state index in [0.29, 0.717) is 16.9 Å². The summed E-state index contributed by atoms with van der Waals surface area (Å²) >= 11 is 0.618. The SMILES string of the molecule is Cc1ccc(-c2cc(C(F)(F)F)nc3sc(C(N)=O)c(NC(=O)Cn4ccc([N+](=O)[O-])n4)c23)cc1. The number of amides is 2. The van der Waals surface area contributed by atoms with Crippen molar-refractivity contribution in [1.29, 1.82) is 0 Å². The number of hydrogen-bond donors (Lipinski definition) is 2. The summed E-state index contributed by atoms with van der Waals surface area (Å²) in [7, 11) is 0. The van der Waals surface area contributed by atoms with E-state index >= 15 is 0 Å². The molecule has 0 bridgehead atoms. The molecular weight excluding hydrogens is 489 g/mol. The fourth-order valence-electron chi connectivity index (χ4n) is 3.36. The summed E-state index contributed by atoms with van der Waals surface area (Å²) in [6.45, 7) is 1.35. The smallest absolute Gasteiger partial charge is 0.365 e. The average molecular weight is 504 g/mol. The molecule has 0 fully saturated rings. The molecule has 35 heavy (non-hydrogen) atoms. The summed E-state index contributed by atoms with van der Waals surface area (Å²) in [4.78, 5) is 38.2. The van der Waals surface area contributed by atoms with Crippen molar-refractivity contribution < 1.29 is 27.7 Å². The van der Waals surface area contributed by atoms with Crippen LogP contribution < -0.4 is 11.1 Å². The molecule has 10 nitrogen and oxygen atoms in total. The number of nitrogens with one attached hydrogen (secondary N) is 1. The Kier molecular flexibility index (Phi) is 5.98. The Morgan fingerprint density at radius 2 is 1.91 bits per heavy atom. The van der Waals surface area contributed by atoms with Gasteiger partial charge in [-0.05, 0) is 29.0 Å². The summed E-state index contributed by atoms with van der Waals surface area (Å²) in [5.41, 5.74) is 5.56. The monoisotopic (exact) mass is 504 g/mol. The molecule has 180 valence electrons. The number of carbonyl (C=O) groups is 2. The lowest BCUT2D eigenvalue weighted by Gasteiger charge is -2.12. The zero-order valence-corrected chi connectivity index (χ0v) is 18.6. The first-order valence-electron chi connectivity index (χ1n) is 9.83. The number of thiophene rings is 1. The topological polar surface area (TPSA) is 146 Å². The molecule has 3 heterocycles. The van der Waals surface area contributed by atoms with Gasteiger partial charge in [0.1, 0.15) is 21.9 Å². The number of anilines is 1. The number of hydrogen-bond acceptors (Lipinski definition) is 7. The number of pyridine rings is 1. The van der Waals surface area contributed by atoms with Gasteiger partial charge in [0, 0.05) is 5.39 Å². The van der Waals surface area contributed by atoms with E-state index in [1.165, 1.54) is 6.20 Å². The van der Waals surface area contributed by atoms with Crippen molar-refractivity contribution >= 4 is 44.9 Å². The number of nitrogens with two attached hydrogens (primary N) is 1. The van der Waals surface area contributed by atoms with E-state index in [4.69, 9.17) is 5.73 Å². The zero-order valence-electron chi connectivity index (χ0n) is 17.8. The number of halogens is 3. The first-order valence-corrected chi connectivity index (χ1v) is 10.6. The molecule has 14 heteroatoms. The van der Waals surface area contributed by atoms with E-state index in [0.717, 1.165) is 22.4 Å². The molecule has 0 aliphatic heterocycles. The summed E-state index contributed by atoms with van der Waals surface area (Å²) in [5.74, 6) is -2.18. The van der Waals surface area contributed by atoms with Crippen LogP contribution in [0.4, 0.5) is 24.7 Å². The highest BCUT2D eigenvalue weighted by Gasteiger charge is 2.35. The molecule has 0 atom stereocenters. The third-order valence-corrected chi connectivity index (χ3v) is 6.02. The van der Waals surface area contributed by atoms with Crippen molar-refractivity contribution in [3.8, 4) is 11.1 Å². The van der Waals surface area contributed by atoms with Gasteiger partial charge in [0.05, 0.1) is 23.0 Å². The van der Waals surface area contributed by atoms with Crippen LogP contribution in [0.1, 0.15) is 20.9 Å². The Hall–Kier alpha value is -4.33. The van der Waals surface area contributed by atoms with Gasteiger partial charge < -0.3 is 21.2 Å². The van der Waals surface area contributed by atoms with E-state index in [1.807, 2.05) is 6.92 Å². The minimum Gasteiger partial charge on any atom is -0.365 e. The van der Waals surface area contributed by atoms with Crippen LogP contribution in [0.2, 0.25) is 0 Å². The Morgan fingerprint density at radius 3 is 2.49 bits per heavy atom. The maximum absolute atomic E-state index is 13.6. The molecule has 4 rings (SSSR count). The number of aryl methyl sites for hydroxylation is 1. The van der Waals surface area contributed by atoms with Gasteiger partial charge in [-0.25, -0.2) is 4.98 Å². The van der Waals surface area contributed by atoms with Gasteiger partial charge in [-0.2, -0.15) is 17.9 Å². The molecule has 0 unspecified atom stereocenters. The first-order chi connectivity index (χ1) is 16.4. The van der Waals surface area contributed by atoms with Gasteiger partial charge in [0.2, 0.25) is 5.91 Å². The van der Waals surface area contributed by atoms with Gasteiger partial charge in [-0.1, -0.05) is 29.8 Å². The van der Waals surface area contributed by atoms with Crippen molar-refractivity contribution in [2.45, 2.75) is 19.6 Å². The normalized spacial score (nSPS) is 11.5. The highest BCUT2D eigenvalue weighted by molar-refractivity contribution is 7.21. The van der Waals surface area contributed by atoms with Crippen LogP contribution in [0.25, 0.3) is 21.3 Å². The second kappa shape index (κ2) is 8.79. The third-order valence-electron chi connectivity index (χ3n) is 4.92. The highest BCUT2D eigenvalue weighted by atomic mass is 32.1. The predicted octanol–water partition coefficient (Wildman–Crippen LogP) is 4.13. The van der Waals surface area contributed by atoms with Crippen LogP contribution in [0.3, 0.4) is 0 Å². The molecule has 0 saturated carbocycles. The maximum atomic E-state index is 13.6. The van der Waals surface area contributed by atoms with E-state index in [2.05, 4.69) is 15.4 Å². The maximum Gasteiger partial charge on any atom is 0.433 e. The first kappa shape index (κ1) is 23.8. The van der Waals surface area contributed by atoms with Crippen molar-refractivity contribution in [1.82, 2.24) is 14.8 Å². The molecule has 2 amide bonds. The third kappa shape index (κ3) is 4.82. The van der Waals surface area contributed by atoms with E-state index in [9.17, 15) is 32.9 Å². The minimum absolute atomic E-state index is 0.0936. The number of carbonyl (C=O) groups excluding carboxylic acids is 2. The second-order valence-corrected chi connectivity index (χ2v) is 8.45. The molecular formula is C21H15F3N6O4S. The molecule has 3 aromatic heterocycles. The Morgan fingerprint density at radius 1 is 1.23 bits per heavy atom. The standard InChI is InChI=1S/C21H15F3N6O4S/c1-10-2-4-11(5-3-10)12-8-13(21(22,23)24)26-20-16(12)17(18(35-20)19(25)32)27-15(31)9-29-7-6-14(28-29)30(33)34/h2-8H,9H2,1H3,(H2,25,32)(H,27,31). The number of nitro groups is 1. The Balaban J connectivity index is 1.85. The number of alkyl halides is 3. The molecule has 0 aliphatic rings. The second-order valence-electron chi connectivity index (χ2n) is 7.45. The lowest BCUT2D eigenvalue weighted by Crippen LogP contribution is -2.21. The van der Waals surface area contributed by atoms with Crippen molar-refractivity contribution in [3.05, 3.63) is 68.8 Å². The minimum atomic E-state index is -4.76. The summed E-state index contributed by atoms with van der Waals surface area (Å²) in [5, 5.41) is 17.1. The lowest BCUT2D eigenvalue weighted by atomic mass is 10.00. The van der Waals surface area contributed by atoms with Gasteiger partial charge in [-0.15, -0.1) is 11.3 Å². The van der Waals surface area contributed by atoms with Gasteiger partial charge in [0.15, 0.2) is 0 Å². The van der Waals surface area contributed by atoms with E-state index in [-0.39, 0.29) is 26.3 Å². The quantitative estimate of drug-likeness (QED) is 0.298. The molecule has 0 saturated heterocycles. The number of rotatable bonds is 6. The largest absolute Gasteiger partial charge is 0.433 e.